The van der Waals surface area contributed by atoms with Crippen LogP contribution in [0.1, 0.15) is 12.8 Å². The summed E-state index contributed by atoms with van der Waals surface area (Å²) in [5, 5.41) is 0. The minimum Gasteiger partial charge on any atom is -0.394 e. The summed E-state index contributed by atoms with van der Waals surface area (Å²) in [6.45, 7) is 0.831. The van der Waals surface area contributed by atoms with Crippen LogP contribution in [0.25, 0.3) is 0 Å². The number of hydrogen-bond acceptors (Lipinski definition) is 3. The molecule has 0 saturated heterocycles. The van der Waals surface area contributed by atoms with E-state index in [1.807, 2.05) is 0 Å². The van der Waals surface area contributed by atoms with Crippen molar-refractivity contribution >= 4 is 11.6 Å². The van der Waals surface area contributed by atoms with Crippen molar-refractivity contribution < 1.29 is 4.79 Å². The fourth-order valence-corrected chi connectivity index (χ4v) is 0.930. The summed E-state index contributed by atoms with van der Waals surface area (Å²) in [6.07, 6.45) is 3.49. The van der Waals surface area contributed by atoms with E-state index in [1.54, 1.807) is 6.08 Å². The van der Waals surface area contributed by atoms with E-state index in [2.05, 4.69) is 4.99 Å². The van der Waals surface area contributed by atoms with Crippen LogP contribution in [0.3, 0.4) is 0 Å². The molecule has 1 aliphatic rings. The Morgan fingerprint density at radius 1 is 1.55 bits per heavy atom. The molecule has 0 spiro atoms. The quantitative estimate of drug-likeness (QED) is 0.527. The van der Waals surface area contributed by atoms with E-state index in [0.717, 1.165) is 25.1 Å². The lowest BCUT2D eigenvalue weighted by molar-refractivity contribution is -0.114. The smallest absolute Gasteiger partial charge is 0.264 e. The topological polar surface area (TPSA) is 81.5 Å². The molecule has 0 atom stereocenters. The van der Waals surface area contributed by atoms with Crippen molar-refractivity contribution in [3.63, 3.8) is 0 Å². The van der Waals surface area contributed by atoms with Crippen molar-refractivity contribution in [2.75, 3.05) is 6.54 Å². The van der Waals surface area contributed by atoms with Crippen molar-refractivity contribution in [2.45, 2.75) is 12.8 Å². The summed E-state index contributed by atoms with van der Waals surface area (Å²) < 4.78 is 0. The third-order valence-corrected chi connectivity index (χ3v) is 1.51. The first kappa shape index (κ1) is 7.78. The van der Waals surface area contributed by atoms with Gasteiger partial charge in [-0.2, -0.15) is 0 Å². The molecular formula is C7H11N3O. The van der Waals surface area contributed by atoms with Gasteiger partial charge in [-0.15, -0.1) is 0 Å². The number of nitrogens with two attached hydrogens (primary N) is 2. The number of hydrogen-bond donors (Lipinski definition) is 2. The van der Waals surface area contributed by atoms with Gasteiger partial charge in [0.15, 0.2) is 0 Å². The predicted molar refractivity (Wildman–Crippen MR) is 43.0 cm³/mol. The minimum absolute atomic E-state index is 0.0886. The average Bonchev–Trinajstić information content (AvgIpc) is 2.39. The summed E-state index contributed by atoms with van der Waals surface area (Å²) in [7, 11) is 0. The van der Waals surface area contributed by atoms with Crippen LogP contribution in [0.15, 0.2) is 16.8 Å². The molecule has 4 heteroatoms. The van der Waals surface area contributed by atoms with Crippen molar-refractivity contribution in [3.8, 4) is 0 Å². The fourth-order valence-electron chi connectivity index (χ4n) is 0.930. The average molecular weight is 153 g/mol. The largest absolute Gasteiger partial charge is 0.394 e. The Kier molecular flexibility index (Phi) is 2.25. The number of amides is 1. The zero-order valence-electron chi connectivity index (χ0n) is 6.21. The van der Waals surface area contributed by atoms with Gasteiger partial charge in [0.1, 0.15) is 0 Å². The first-order valence-electron chi connectivity index (χ1n) is 3.50. The van der Waals surface area contributed by atoms with E-state index in [4.69, 9.17) is 11.5 Å². The lowest BCUT2D eigenvalue weighted by atomic mass is 10.2. The maximum atomic E-state index is 10.5. The maximum absolute atomic E-state index is 10.5. The summed E-state index contributed by atoms with van der Waals surface area (Å²) in [6, 6.07) is 0. The normalized spacial score (nSPS) is 18.2. The van der Waals surface area contributed by atoms with Gasteiger partial charge in [-0.25, -0.2) is 0 Å². The predicted octanol–water partition coefficient (Wildman–Crippen LogP) is -0.451. The molecule has 1 amide bonds. The first-order valence-corrected chi connectivity index (χ1v) is 3.50. The van der Waals surface area contributed by atoms with Crippen LogP contribution in [-0.2, 0) is 4.79 Å². The highest BCUT2D eigenvalue weighted by molar-refractivity contribution is 6.03. The number of allylic oxidation sites excluding steroid dienone is 1. The molecule has 0 aromatic rings. The molecule has 0 bridgehead atoms. The standard InChI is InChI=1S/C7H11N3O/c8-6(7(9)11)4-5-2-1-3-10-5/h4H,1-3,8H2,(H2,9,11)/b6-4-. The molecule has 0 fully saturated rings. The van der Waals surface area contributed by atoms with Gasteiger partial charge in [0, 0.05) is 12.3 Å². The Labute approximate surface area is 65.0 Å². The summed E-state index contributed by atoms with van der Waals surface area (Å²) in [5.41, 5.74) is 11.2. The van der Waals surface area contributed by atoms with Gasteiger partial charge in [-0.05, 0) is 18.9 Å². The highest BCUT2D eigenvalue weighted by Gasteiger charge is 2.05. The third-order valence-electron chi connectivity index (χ3n) is 1.51. The molecule has 11 heavy (non-hydrogen) atoms. The summed E-state index contributed by atoms with van der Waals surface area (Å²) in [5.74, 6) is -0.584. The third kappa shape index (κ3) is 2.07. The first-order chi connectivity index (χ1) is 5.20. The SMILES string of the molecule is NC(=O)/C(N)=C/C1=NCCC1. The lowest BCUT2D eigenvalue weighted by Crippen LogP contribution is -2.20. The van der Waals surface area contributed by atoms with Gasteiger partial charge in [0.2, 0.25) is 0 Å². The molecule has 1 aliphatic heterocycles. The molecular weight excluding hydrogens is 142 g/mol. The number of rotatable bonds is 2. The van der Waals surface area contributed by atoms with Gasteiger partial charge >= 0.3 is 0 Å². The van der Waals surface area contributed by atoms with E-state index < -0.39 is 5.91 Å². The van der Waals surface area contributed by atoms with Crippen LogP contribution in [-0.4, -0.2) is 18.2 Å². The highest BCUT2D eigenvalue weighted by Crippen LogP contribution is 2.05. The molecule has 0 aliphatic carbocycles. The molecule has 4 N–H and O–H groups in total. The summed E-state index contributed by atoms with van der Waals surface area (Å²) >= 11 is 0. The lowest BCUT2D eigenvalue weighted by Gasteiger charge is -1.93. The van der Waals surface area contributed by atoms with Gasteiger partial charge in [0.05, 0.1) is 5.70 Å². The van der Waals surface area contributed by atoms with E-state index >= 15 is 0 Å². The van der Waals surface area contributed by atoms with Crippen LogP contribution in [0.2, 0.25) is 0 Å². The Balaban J connectivity index is 2.63. The van der Waals surface area contributed by atoms with Crippen LogP contribution in [0.5, 0.6) is 0 Å². The van der Waals surface area contributed by atoms with Crippen molar-refractivity contribution in [1.82, 2.24) is 0 Å². The van der Waals surface area contributed by atoms with Crippen molar-refractivity contribution in [2.24, 2.45) is 16.5 Å². The molecule has 0 saturated carbocycles. The van der Waals surface area contributed by atoms with Crippen LogP contribution in [0, 0.1) is 0 Å². The molecule has 0 aromatic carbocycles. The summed E-state index contributed by atoms with van der Waals surface area (Å²) in [4.78, 5) is 14.6. The number of nitrogens with zero attached hydrogens (tertiary/aromatic N) is 1. The second kappa shape index (κ2) is 3.18. The molecule has 60 valence electrons. The number of carbonyl (C=O) groups is 1. The molecule has 1 heterocycles. The number of aliphatic imine (C=N–C) groups is 1. The Morgan fingerprint density at radius 2 is 2.27 bits per heavy atom. The second-order valence-corrected chi connectivity index (χ2v) is 2.44. The number of carbonyl (C=O) groups excluding carboxylic acids is 1. The zero-order chi connectivity index (χ0) is 8.27. The number of primary amides is 1. The Hall–Kier alpha value is -1.32. The zero-order valence-corrected chi connectivity index (χ0v) is 6.21. The van der Waals surface area contributed by atoms with Crippen LogP contribution < -0.4 is 11.5 Å². The Bertz CT molecular complexity index is 230. The molecule has 0 unspecified atom stereocenters. The molecule has 0 aromatic heterocycles. The van der Waals surface area contributed by atoms with Gasteiger partial charge < -0.3 is 11.5 Å². The van der Waals surface area contributed by atoms with E-state index in [1.165, 1.54) is 0 Å². The van der Waals surface area contributed by atoms with Crippen LogP contribution >= 0.6 is 0 Å². The fraction of sp³-hybridized carbons (Fsp3) is 0.429. The maximum Gasteiger partial charge on any atom is 0.264 e. The van der Waals surface area contributed by atoms with E-state index in [0.29, 0.717) is 0 Å². The highest BCUT2D eigenvalue weighted by atomic mass is 16.1. The van der Waals surface area contributed by atoms with Crippen molar-refractivity contribution in [1.29, 1.82) is 0 Å². The van der Waals surface area contributed by atoms with E-state index in [9.17, 15) is 4.79 Å². The molecule has 4 nitrogen and oxygen atoms in total. The monoisotopic (exact) mass is 153 g/mol. The van der Waals surface area contributed by atoms with Gasteiger partial charge in [-0.1, -0.05) is 0 Å². The second-order valence-electron chi connectivity index (χ2n) is 2.44. The van der Waals surface area contributed by atoms with Gasteiger partial charge in [-0.3, -0.25) is 9.79 Å². The van der Waals surface area contributed by atoms with E-state index in [-0.39, 0.29) is 5.70 Å². The van der Waals surface area contributed by atoms with Crippen molar-refractivity contribution in [3.05, 3.63) is 11.8 Å². The minimum atomic E-state index is -0.584. The Morgan fingerprint density at radius 3 is 2.73 bits per heavy atom. The van der Waals surface area contributed by atoms with Gasteiger partial charge in [0.25, 0.3) is 5.91 Å². The van der Waals surface area contributed by atoms with Crippen LogP contribution in [0.4, 0.5) is 0 Å². The molecule has 1 rings (SSSR count). The molecule has 0 radical (unpaired) electrons.